The third-order valence-electron chi connectivity index (χ3n) is 6.30. The average Bonchev–Trinajstić information content (AvgIpc) is 3.23. The van der Waals surface area contributed by atoms with E-state index in [9.17, 15) is 12.8 Å². The molecule has 1 aromatic heterocycles. The summed E-state index contributed by atoms with van der Waals surface area (Å²) in [6.07, 6.45) is 6.16. The molecule has 0 saturated heterocycles. The molecule has 1 fully saturated rings. The SMILES string of the molecule is O=S(=O)(Nc1ccc(-c2cc3cc(F)ccc3[nH]2)cc1)c1ccc(C2CCCCC2)cc1. The van der Waals surface area contributed by atoms with Crippen molar-refractivity contribution >= 4 is 26.6 Å². The van der Waals surface area contributed by atoms with E-state index < -0.39 is 10.0 Å². The molecule has 0 radical (unpaired) electrons. The number of hydrogen-bond donors (Lipinski definition) is 2. The number of anilines is 1. The van der Waals surface area contributed by atoms with E-state index in [1.165, 1.54) is 49.8 Å². The van der Waals surface area contributed by atoms with Crippen molar-refractivity contribution in [1.29, 1.82) is 0 Å². The third kappa shape index (κ3) is 4.28. The molecule has 5 rings (SSSR count). The number of fused-ring (bicyclic) bond motifs is 1. The zero-order valence-corrected chi connectivity index (χ0v) is 18.5. The number of H-pyrrole nitrogens is 1. The fraction of sp³-hybridized carbons (Fsp3) is 0.231. The Hall–Kier alpha value is -3.12. The highest BCUT2D eigenvalue weighted by molar-refractivity contribution is 7.92. The van der Waals surface area contributed by atoms with Gasteiger partial charge in [0.15, 0.2) is 0 Å². The predicted octanol–water partition coefficient (Wildman–Crippen LogP) is 6.82. The lowest BCUT2D eigenvalue weighted by Gasteiger charge is -2.22. The fourth-order valence-corrected chi connectivity index (χ4v) is 5.60. The van der Waals surface area contributed by atoms with Gasteiger partial charge in [0.1, 0.15) is 5.82 Å². The van der Waals surface area contributed by atoms with E-state index in [0.29, 0.717) is 11.6 Å². The summed E-state index contributed by atoms with van der Waals surface area (Å²) in [5.41, 5.74) is 4.31. The van der Waals surface area contributed by atoms with E-state index in [1.54, 1.807) is 30.3 Å². The highest BCUT2D eigenvalue weighted by atomic mass is 32.2. The Morgan fingerprint density at radius 2 is 1.56 bits per heavy atom. The summed E-state index contributed by atoms with van der Waals surface area (Å²) in [6, 6.07) is 20.9. The molecule has 1 aliphatic rings. The maximum Gasteiger partial charge on any atom is 0.261 e. The van der Waals surface area contributed by atoms with E-state index >= 15 is 0 Å². The van der Waals surface area contributed by atoms with Gasteiger partial charge in [0.25, 0.3) is 10.0 Å². The average molecular weight is 449 g/mol. The standard InChI is InChI=1S/C26H25FN2O2S/c27-22-10-15-25-21(16-22)17-26(28-25)20-6-11-23(12-7-20)29-32(30,31)24-13-8-19(9-14-24)18-4-2-1-3-5-18/h6-18,28-29H,1-5H2. The van der Waals surface area contributed by atoms with Crippen molar-refractivity contribution in [3.05, 3.63) is 84.2 Å². The Kier molecular flexibility index (Phi) is 5.47. The number of hydrogen-bond acceptors (Lipinski definition) is 2. The van der Waals surface area contributed by atoms with Crippen LogP contribution in [0.5, 0.6) is 0 Å². The molecule has 0 amide bonds. The predicted molar refractivity (Wildman–Crippen MR) is 127 cm³/mol. The smallest absolute Gasteiger partial charge is 0.261 e. The van der Waals surface area contributed by atoms with Crippen LogP contribution in [0, 0.1) is 5.82 Å². The van der Waals surface area contributed by atoms with Crippen molar-refractivity contribution in [2.24, 2.45) is 0 Å². The van der Waals surface area contributed by atoms with E-state index in [1.807, 2.05) is 30.3 Å². The first-order valence-corrected chi connectivity index (χ1v) is 12.5. The topological polar surface area (TPSA) is 62.0 Å². The zero-order chi connectivity index (χ0) is 22.1. The number of aromatic nitrogens is 1. The van der Waals surface area contributed by atoms with E-state index in [-0.39, 0.29) is 10.7 Å². The summed E-state index contributed by atoms with van der Waals surface area (Å²) >= 11 is 0. The van der Waals surface area contributed by atoms with Gasteiger partial charge < -0.3 is 4.98 Å². The van der Waals surface area contributed by atoms with Gasteiger partial charge in [-0.15, -0.1) is 0 Å². The van der Waals surface area contributed by atoms with Gasteiger partial charge in [-0.25, -0.2) is 12.8 Å². The Labute approximate surface area is 187 Å². The molecule has 0 spiro atoms. The van der Waals surface area contributed by atoms with Crippen LogP contribution in [0.25, 0.3) is 22.2 Å². The Balaban J connectivity index is 1.31. The van der Waals surface area contributed by atoms with Crippen LogP contribution < -0.4 is 4.72 Å². The highest BCUT2D eigenvalue weighted by Crippen LogP contribution is 2.33. The first-order chi connectivity index (χ1) is 15.5. The monoisotopic (exact) mass is 448 g/mol. The number of sulfonamides is 1. The maximum atomic E-state index is 13.4. The molecule has 2 N–H and O–H groups in total. The summed E-state index contributed by atoms with van der Waals surface area (Å²) in [4.78, 5) is 3.52. The Morgan fingerprint density at radius 3 is 2.28 bits per heavy atom. The summed E-state index contributed by atoms with van der Waals surface area (Å²) in [6.45, 7) is 0. The van der Waals surface area contributed by atoms with Crippen LogP contribution in [0.1, 0.15) is 43.6 Å². The number of nitrogens with one attached hydrogen (secondary N) is 2. The van der Waals surface area contributed by atoms with Gasteiger partial charge in [-0.3, -0.25) is 4.72 Å². The minimum Gasteiger partial charge on any atom is -0.355 e. The second-order valence-electron chi connectivity index (χ2n) is 8.50. The third-order valence-corrected chi connectivity index (χ3v) is 7.70. The van der Waals surface area contributed by atoms with E-state index in [2.05, 4.69) is 9.71 Å². The Bertz CT molecular complexity index is 1340. The first-order valence-electron chi connectivity index (χ1n) is 11.0. The summed E-state index contributed by atoms with van der Waals surface area (Å²) in [7, 11) is -3.66. The largest absolute Gasteiger partial charge is 0.355 e. The molecule has 4 nitrogen and oxygen atoms in total. The molecule has 0 atom stereocenters. The number of rotatable bonds is 5. The van der Waals surface area contributed by atoms with Gasteiger partial charge >= 0.3 is 0 Å². The minimum absolute atomic E-state index is 0.263. The molecule has 4 aromatic rings. The maximum absolute atomic E-state index is 13.4. The van der Waals surface area contributed by atoms with Gasteiger partial charge in [0.2, 0.25) is 0 Å². The molecule has 6 heteroatoms. The van der Waals surface area contributed by atoms with E-state index in [0.717, 1.165) is 22.2 Å². The van der Waals surface area contributed by atoms with Crippen molar-refractivity contribution in [1.82, 2.24) is 4.98 Å². The summed E-state index contributed by atoms with van der Waals surface area (Å²) < 4.78 is 41.8. The molecule has 3 aromatic carbocycles. The van der Waals surface area contributed by atoms with Gasteiger partial charge in [-0.05, 0) is 78.4 Å². The van der Waals surface area contributed by atoms with Crippen molar-refractivity contribution in [2.75, 3.05) is 4.72 Å². The van der Waals surface area contributed by atoms with Gasteiger partial charge in [-0.2, -0.15) is 0 Å². The zero-order valence-electron chi connectivity index (χ0n) is 17.6. The van der Waals surface area contributed by atoms with Gasteiger partial charge in [0.05, 0.1) is 4.90 Å². The van der Waals surface area contributed by atoms with Crippen LogP contribution in [-0.4, -0.2) is 13.4 Å². The van der Waals surface area contributed by atoms with Gasteiger partial charge in [-0.1, -0.05) is 43.5 Å². The normalized spacial score (nSPS) is 15.2. The van der Waals surface area contributed by atoms with Crippen molar-refractivity contribution < 1.29 is 12.8 Å². The van der Waals surface area contributed by atoms with Crippen LogP contribution in [-0.2, 0) is 10.0 Å². The van der Waals surface area contributed by atoms with Crippen LogP contribution in [0.2, 0.25) is 0 Å². The van der Waals surface area contributed by atoms with Crippen molar-refractivity contribution in [2.45, 2.75) is 42.9 Å². The molecule has 164 valence electrons. The molecule has 1 saturated carbocycles. The molecular weight excluding hydrogens is 423 g/mol. The molecular formula is C26H25FN2O2S. The van der Waals surface area contributed by atoms with Gasteiger partial charge in [0, 0.05) is 22.3 Å². The summed E-state index contributed by atoms with van der Waals surface area (Å²) in [5, 5.41) is 0.793. The molecule has 0 unspecified atom stereocenters. The van der Waals surface area contributed by atoms with Crippen LogP contribution >= 0.6 is 0 Å². The highest BCUT2D eigenvalue weighted by Gasteiger charge is 2.18. The lowest BCUT2D eigenvalue weighted by molar-refractivity contribution is 0.443. The first kappa shape index (κ1) is 20.8. The number of benzene rings is 3. The van der Waals surface area contributed by atoms with Crippen molar-refractivity contribution in [3.63, 3.8) is 0 Å². The molecule has 32 heavy (non-hydrogen) atoms. The lowest BCUT2D eigenvalue weighted by atomic mass is 9.84. The second-order valence-corrected chi connectivity index (χ2v) is 10.2. The molecule has 1 heterocycles. The second kappa shape index (κ2) is 8.43. The molecule has 0 bridgehead atoms. The van der Waals surface area contributed by atoms with Crippen LogP contribution in [0.3, 0.4) is 0 Å². The minimum atomic E-state index is -3.66. The fourth-order valence-electron chi connectivity index (χ4n) is 4.55. The Morgan fingerprint density at radius 1 is 0.844 bits per heavy atom. The van der Waals surface area contributed by atoms with Crippen LogP contribution in [0.15, 0.2) is 77.7 Å². The van der Waals surface area contributed by atoms with Crippen LogP contribution in [0.4, 0.5) is 10.1 Å². The number of aromatic amines is 1. The molecule has 0 aliphatic heterocycles. The van der Waals surface area contributed by atoms with E-state index in [4.69, 9.17) is 0 Å². The summed E-state index contributed by atoms with van der Waals surface area (Å²) in [5.74, 6) is 0.265. The molecule has 1 aliphatic carbocycles. The number of halogens is 1. The van der Waals surface area contributed by atoms with Crippen molar-refractivity contribution in [3.8, 4) is 11.3 Å². The quantitative estimate of drug-likeness (QED) is 0.352. The lowest BCUT2D eigenvalue weighted by Crippen LogP contribution is -2.13.